The molecular weight excluding hydrogens is 358 g/mol. The van der Waals surface area contributed by atoms with Gasteiger partial charge in [-0.2, -0.15) is 0 Å². The molecule has 3 N–H and O–H groups in total. The number of amides is 1. The fourth-order valence-corrected chi connectivity index (χ4v) is 3.78. The fraction of sp³-hybridized carbons (Fsp3) is 0.176. The van der Waals surface area contributed by atoms with E-state index in [1.165, 1.54) is 11.3 Å². The van der Waals surface area contributed by atoms with E-state index in [2.05, 4.69) is 16.4 Å². The Labute approximate surface area is 149 Å². The summed E-state index contributed by atoms with van der Waals surface area (Å²) in [5, 5.41) is 8.12. The third kappa shape index (κ3) is 4.85. The zero-order valence-electron chi connectivity index (χ0n) is 13.3. The molecule has 25 heavy (non-hydrogen) atoms. The molecule has 0 bridgehead atoms. The number of hydrogen-bond acceptors (Lipinski definition) is 5. The monoisotopic (exact) mass is 375 g/mol. The Bertz CT molecular complexity index is 998. The SMILES string of the molecule is NS(=O)(=O)CCNC(=O)Cc1nc2ccc(-c3ccccc3)cc2s1. The van der Waals surface area contributed by atoms with Gasteiger partial charge in [0.2, 0.25) is 15.9 Å². The molecule has 2 aromatic carbocycles. The molecule has 1 aromatic heterocycles. The lowest BCUT2D eigenvalue weighted by Crippen LogP contribution is -2.32. The molecule has 0 aliphatic heterocycles. The Kier molecular flexibility index (Phi) is 5.12. The van der Waals surface area contributed by atoms with Gasteiger partial charge < -0.3 is 5.32 Å². The van der Waals surface area contributed by atoms with Gasteiger partial charge in [0.1, 0.15) is 5.01 Å². The van der Waals surface area contributed by atoms with Gasteiger partial charge in [0.05, 0.1) is 22.4 Å². The summed E-state index contributed by atoms with van der Waals surface area (Å²) in [7, 11) is -3.57. The predicted molar refractivity (Wildman–Crippen MR) is 99.7 cm³/mol. The Balaban J connectivity index is 1.70. The van der Waals surface area contributed by atoms with Crippen molar-refractivity contribution in [3.8, 4) is 11.1 Å². The number of nitrogens with one attached hydrogen (secondary N) is 1. The maximum absolute atomic E-state index is 11.9. The molecule has 1 amide bonds. The largest absolute Gasteiger partial charge is 0.355 e. The number of sulfonamides is 1. The normalized spacial score (nSPS) is 11.6. The van der Waals surface area contributed by atoms with Crippen molar-refractivity contribution in [1.82, 2.24) is 10.3 Å². The molecule has 0 fully saturated rings. The second-order valence-electron chi connectivity index (χ2n) is 5.55. The van der Waals surface area contributed by atoms with Crippen LogP contribution in [0.15, 0.2) is 48.5 Å². The summed E-state index contributed by atoms with van der Waals surface area (Å²) in [6, 6.07) is 16.0. The van der Waals surface area contributed by atoms with Crippen LogP contribution in [-0.4, -0.2) is 31.6 Å². The molecule has 0 saturated carbocycles. The van der Waals surface area contributed by atoms with E-state index in [1.54, 1.807) is 0 Å². The summed E-state index contributed by atoms with van der Waals surface area (Å²) in [5.74, 6) is -0.551. The number of benzene rings is 2. The molecule has 3 aromatic rings. The van der Waals surface area contributed by atoms with Gasteiger partial charge >= 0.3 is 0 Å². The summed E-state index contributed by atoms with van der Waals surface area (Å²) in [6.07, 6.45) is 0.116. The first-order chi connectivity index (χ1) is 11.9. The third-order valence-corrected chi connectivity index (χ3v) is 5.35. The van der Waals surface area contributed by atoms with Gasteiger partial charge in [0.25, 0.3) is 0 Å². The lowest BCUT2D eigenvalue weighted by molar-refractivity contribution is -0.120. The van der Waals surface area contributed by atoms with Gasteiger partial charge in [-0.05, 0) is 23.3 Å². The topological polar surface area (TPSA) is 102 Å². The van der Waals surface area contributed by atoms with Crippen LogP contribution in [0.5, 0.6) is 0 Å². The molecule has 0 aliphatic rings. The van der Waals surface area contributed by atoms with E-state index in [0.717, 1.165) is 21.3 Å². The Hall–Kier alpha value is -2.29. The van der Waals surface area contributed by atoms with Gasteiger partial charge in [-0.1, -0.05) is 36.4 Å². The Morgan fingerprint density at radius 1 is 1.12 bits per heavy atom. The molecule has 3 rings (SSSR count). The van der Waals surface area contributed by atoms with Crippen LogP contribution in [0, 0.1) is 0 Å². The highest BCUT2D eigenvalue weighted by molar-refractivity contribution is 7.89. The molecule has 8 heteroatoms. The molecular formula is C17H17N3O3S2. The summed E-state index contributed by atoms with van der Waals surface area (Å²) in [4.78, 5) is 16.3. The van der Waals surface area contributed by atoms with E-state index in [9.17, 15) is 13.2 Å². The van der Waals surface area contributed by atoms with Crippen molar-refractivity contribution in [2.45, 2.75) is 6.42 Å². The number of fused-ring (bicyclic) bond motifs is 1. The van der Waals surface area contributed by atoms with Crippen LogP contribution >= 0.6 is 11.3 Å². The van der Waals surface area contributed by atoms with Crippen molar-refractivity contribution in [1.29, 1.82) is 0 Å². The second-order valence-corrected chi connectivity index (χ2v) is 8.40. The molecule has 0 atom stereocenters. The van der Waals surface area contributed by atoms with Crippen LogP contribution in [0.25, 0.3) is 21.3 Å². The van der Waals surface area contributed by atoms with Gasteiger partial charge in [0.15, 0.2) is 0 Å². The predicted octanol–water partition coefficient (Wildman–Crippen LogP) is 1.91. The molecule has 1 heterocycles. The first-order valence-corrected chi connectivity index (χ1v) is 10.2. The van der Waals surface area contributed by atoms with Crippen LogP contribution in [0.1, 0.15) is 5.01 Å². The van der Waals surface area contributed by atoms with E-state index in [4.69, 9.17) is 5.14 Å². The summed E-state index contributed by atoms with van der Waals surface area (Å²) in [5.41, 5.74) is 3.07. The minimum absolute atomic E-state index is 0.000711. The van der Waals surface area contributed by atoms with E-state index in [1.807, 2.05) is 42.5 Å². The number of nitrogens with zero attached hydrogens (tertiary/aromatic N) is 1. The van der Waals surface area contributed by atoms with Crippen LogP contribution < -0.4 is 10.5 Å². The van der Waals surface area contributed by atoms with Crippen LogP contribution in [0.2, 0.25) is 0 Å². The van der Waals surface area contributed by atoms with Crippen LogP contribution in [-0.2, 0) is 21.2 Å². The van der Waals surface area contributed by atoms with Gasteiger partial charge in [-0.15, -0.1) is 11.3 Å². The number of carbonyl (C=O) groups excluding carboxylic acids is 1. The van der Waals surface area contributed by atoms with Crippen LogP contribution in [0.4, 0.5) is 0 Å². The van der Waals surface area contributed by atoms with E-state index < -0.39 is 10.0 Å². The first kappa shape index (κ1) is 17.5. The fourth-order valence-electron chi connectivity index (χ4n) is 2.39. The van der Waals surface area contributed by atoms with Gasteiger partial charge in [-0.3, -0.25) is 4.79 Å². The number of aromatic nitrogens is 1. The average Bonchev–Trinajstić information content (AvgIpc) is 2.95. The zero-order chi connectivity index (χ0) is 17.9. The number of primary sulfonamides is 1. The molecule has 0 aliphatic carbocycles. The average molecular weight is 375 g/mol. The highest BCUT2D eigenvalue weighted by Gasteiger charge is 2.11. The van der Waals surface area contributed by atoms with Crippen molar-refractivity contribution in [2.24, 2.45) is 5.14 Å². The molecule has 0 radical (unpaired) electrons. The van der Waals surface area contributed by atoms with Crippen LogP contribution in [0.3, 0.4) is 0 Å². The van der Waals surface area contributed by atoms with Crippen molar-refractivity contribution in [2.75, 3.05) is 12.3 Å². The maximum Gasteiger partial charge on any atom is 0.226 e. The molecule has 0 unspecified atom stereocenters. The highest BCUT2D eigenvalue weighted by atomic mass is 32.2. The Morgan fingerprint density at radius 3 is 2.60 bits per heavy atom. The molecule has 0 spiro atoms. The molecule has 6 nitrogen and oxygen atoms in total. The minimum atomic E-state index is -3.57. The first-order valence-electron chi connectivity index (χ1n) is 7.63. The quantitative estimate of drug-likeness (QED) is 0.687. The van der Waals surface area contributed by atoms with E-state index in [-0.39, 0.29) is 24.6 Å². The number of carbonyl (C=O) groups is 1. The second kappa shape index (κ2) is 7.30. The summed E-state index contributed by atoms with van der Waals surface area (Å²) < 4.78 is 22.7. The van der Waals surface area contributed by atoms with Crippen molar-refractivity contribution < 1.29 is 13.2 Å². The van der Waals surface area contributed by atoms with Crippen molar-refractivity contribution >= 4 is 37.5 Å². The molecule has 0 saturated heterocycles. The summed E-state index contributed by atoms with van der Waals surface area (Å²) >= 11 is 1.46. The standard InChI is InChI=1S/C17H17N3O3S2/c18-25(22,23)9-8-19-16(21)11-17-20-14-7-6-13(10-15(14)24-17)12-4-2-1-3-5-12/h1-7,10H,8-9,11H2,(H,19,21)(H2,18,22,23). The van der Waals surface area contributed by atoms with E-state index in [0.29, 0.717) is 5.01 Å². The Morgan fingerprint density at radius 2 is 1.88 bits per heavy atom. The van der Waals surface area contributed by atoms with Crippen molar-refractivity contribution in [3.05, 3.63) is 53.5 Å². The number of rotatable bonds is 6. The van der Waals surface area contributed by atoms with Gasteiger partial charge in [-0.25, -0.2) is 18.5 Å². The molecule has 130 valence electrons. The number of thiazole rings is 1. The van der Waals surface area contributed by atoms with E-state index >= 15 is 0 Å². The lowest BCUT2D eigenvalue weighted by atomic mass is 10.1. The highest BCUT2D eigenvalue weighted by Crippen LogP contribution is 2.28. The smallest absolute Gasteiger partial charge is 0.226 e. The minimum Gasteiger partial charge on any atom is -0.355 e. The lowest BCUT2D eigenvalue weighted by Gasteiger charge is -2.02. The number of hydrogen-bond donors (Lipinski definition) is 2. The third-order valence-electron chi connectivity index (χ3n) is 3.56. The summed E-state index contributed by atoms with van der Waals surface area (Å²) in [6.45, 7) is 0.000711. The number of nitrogens with two attached hydrogens (primary N) is 1. The zero-order valence-corrected chi connectivity index (χ0v) is 14.9. The van der Waals surface area contributed by atoms with Gasteiger partial charge in [0, 0.05) is 6.54 Å². The van der Waals surface area contributed by atoms with Crippen molar-refractivity contribution in [3.63, 3.8) is 0 Å². The maximum atomic E-state index is 11.9.